The molecule has 2 aromatic carbocycles. The van der Waals surface area contributed by atoms with E-state index in [1.54, 1.807) is 30.5 Å². The van der Waals surface area contributed by atoms with E-state index in [4.69, 9.17) is 28.0 Å². The van der Waals surface area contributed by atoms with Gasteiger partial charge in [0.05, 0.1) is 21.7 Å². The topological polar surface area (TPSA) is 89.3 Å². The summed E-state index contributed by atoms with van der Waals surface area (Å²) in [6.07, 6.45) is 5.25. The van der Waals surface area contributed by atoms with Crippen LogP contribution in [0.25, 0.3) is 22.2 Å². The smallest absolute Gasteiger partial charge is 0.293 e. The Kier molecular flexibility index (Phi) is 6.65. The van der Waals surface area contributed by atoms with Gasteiger partial charge in [-0.25, -0.2) is 4.98 Å². The molecule has 7 nitrogen and oxygen atoms in total. The Hall–Kier alpha value is -3.13. The van der Waals surface area contributed by atoms with Crippen LogP contribution in [0.15, 0.2) is 59.5 Å². The Bertz CT molecular complexity index is 1420. The number of aromatic nitrogens is 3. The lowest BCUT2D eigenvalue weighted by Crippen LogP contribution is -2.27. The molecule has 0 radical (unpaired) electrons. The van der Waals surface area contributed by atoms with Crippen LogP contribution in [0.1, 0.15) is 24.8 Å². The first kappa shape index (κ1) is 23.6. The fourth-order valence-corrected chi connectivity index (χ4v) is 5.25. The number of hydrogen-bond donors (Lipinski definition) is 2. The molecule has 9 heteroatoms. The number of anilines is 2. The van der Waals surface area contributed by atoms with Gasteiger partial charge in [-0.15, -0.1) is 4.73 Å². The maximum Gasteiger partial charge on any atom is 0.293 e. The van der Waals surface area contributed by atoms with Gasteiger partial charge in [0.15, 0.2) is 5.65 Å². The molecule has 2 heterocycles. The van der Waals surface area contributed by atoms with Gasteiger partial charge in [-0.2, -0.15) is 4.98 Å². The summed E-state index contributed by atoms with van der Waals surface area (Å²) >= 11 is 12.7. The van der Waals surface area contributed by atoms with Crippen molar-refractivity contribution in [1.29, 1.82) is 0 Å². The van der Waals surface area contributed by atoms with Crippen molar-refractivity contribution in [1.82, 2.24) is 14.7 Å². The van der Waals surface area contributed by atoms with E-state index in [2.05, 4.69) is 27.4 Å². The van der Waals surface area contributed by atoms with Crippen LogP contribution in [0, 0.1) is 5.92 Å². The lowest BCUT2D eigenvalue weighted by Gasteiger charge is -2.13. The number of hydrogen-bond acceptors (Lipinski definition) is 6. The van der Waals surface area contributed by atoms with Crippen LogP contribution in [0.3, 0.4) is 0 Å². The normalized spacial score (nSPS) is 17.6. The fraction of sp³-hybridized carbons (Fsp3) is 0.269. The van der Waals surface area contributed by atoms with Gasteiger partial charge in [-0.05, 0) is 67.5 Å². The average molecular weight is 511 g/mol. The summed E-state index contributed by atoms with van der Waals surface area (Å²) in [5, 5.41) is 14.3. The van der Waals surface area contributed by atoms with E-state index in [1.165, 1.54) is 12.7 Å². The minimum atomic E-state index is -0.430. The molecule has 1 aliphatic rings. The first-order chi connectivity index (χ1) is 16.9. The van der Waals surface area contributed by atoms with E-state index in [9.17, 15) is 9.90 Å². The van der Waals surface area contributed by atoms with E-state index in [0.29, 0.717) is 44.1 Å². The van der Waals surface area contributed by atoms with Crippen LogP contribution in [-0.4, -0.2) is 33.0 Å². The summed E-state index contributed by atoms with van der Waals surface area (Å²) in [5.74, 6) is 0.863. The lowest BCUT2D eigenvalue weighted by molar-refractivity contribution is 0.168. The molecule has 1 fully saturated rings. The SMILES string of the molecule is COn1c(=O)c(-c2c(Cl)cccc2Cl)cc2cnc(Nc3ccc(CC4CC[C@H](O)C4)cc3)nc21. The largest absolute Gasteiger partial charge is 0.412 e. The molecule has 1 aliphatic carbocycles. The Morgan fingerprint density at radius 2 is 1.89 bits per heavy atom. The van der Waals surface area contributed by atoms with Crippen LogP contribution in [0.5, 0.6) is 0 Å². The Labute approximate surface area is 212 Å². The van der Waals surface area contributed by atoms with Crippen molar-refractivity contribution >= 4 is 45.9 Å². The number of halogens is 2. The molecular formula is C26H24Cl2N4O3. The van der Waals surface area contributed by atoms with Crippen LogP contribution < -0.4 is 15.7 Å². The zero-order valence-electron chi connectivity index (χ0n) is 19.0. The van der Waals surface area contributed by atoms with E-state index in [0.717, 1.165) is 36.1 Å². The minimum Gasteiger partial charge on any atom is -0.412 e. The molecule has 35 heavy (non-hydrogen) atoms. The van der Waals surface area contributed by atoms with E-state index in [1.807, 2.05) is 12.1 Å². The van der Waals surface area contributed by atoms with E-state index in [-0.39, 0.29) is 6.10 Å². The third-order valence-corrected chi connectivity index (χ3v) is 7.00. The highest BCUT2D eigenvalue weighted by Gasteiger charge is 2.23. The highest BCUT2D eigenvalue weighted by molar-refractivity contribution is 6.39. The van der Waals surface area contributed by atoms with E-state index >= 15 is 0 Å². The second-order valence-electron chi connectivity index (χ2n) is 8.77. The molecule has 1 saturated carbocycles. The van der Waals surface area contributed by atoms with Crippen molar-refractivity contribution in [2.75, 3.05) is 12.4 Å². The molecule has 1 unspecified atom stereocenters. The summed E-state index contributed by atoms with van der Waals surface area (Å²) in [5.41, 5.74) is 2.67. The minimum absolute atomic E-state index is 0.159. The first-order valence-electron chi connectivity index (χ1n) is 11.4. The third-order valence-electron chi connectivity index (χ3n) is 6.37. The fourth-order valence-electron chi connectivity index (χ4n) is 4.65. The van der Waals surface area contributed by atoms with Crippen molar-refractivity contribution in [2.24, 2.45) is 5.92 Å². The molecule has 0 spiro atoms. The quantitative estimate of drug-likeness (QED) is 0.367. The Balaban J connectivity index is 1.43. The van der Waals surface area contributed by atoms with Gasteiger partial charge in [0, 0.05) is 22.8 Å². The van der Waals surface area contributed by atoms with E-state index < -0.39 is 5.56 Å². The number of rotatable bonds is 6. The second kappa shape index (κ2) is 9.85. The highest BCUT2D eigenvalue weighted by atomic mass is 35.5. The number of pyridine rings is 1. The van der Waals surface area contributed by atoms with Gasteiger partial charge >= 0.3 is 0 Å². The van der Waals surface area contributed by atoms with Crippen LogP contribution >= 0.6 is 23.2 Å². The number of nitrogens with one attached hydrogen (secondary N) is 1. The molecular weight excluding hydrogens is 487 g/mol. The van der Waals surface area contributed by atoms with Crippen molar-refractivity contribution in [3.05, 3.63) is 80.7 Å². The molecule has 5 rings (SSSR count). The van der Waals surface area contributed by atoms with Gasteiger partial charge in [-0.1, -0.05) is 41.4 Å². The van der Waals surface area contributed by atoms with Gasteiger partial charge in [0.1, 0.15) is 7.11 Å². The summed E-state index contributed by atoms with van der Waals surface area (Å²) in [6, 6.07) is 14.8. The molecule has 0 saturated heterocycles. The standard InChI is InChI=1S/C26H24Cl2N4O3/c1-35-32-24-17(13-20(25(32)34)23-21(27)3-2-4-22(23)28)14-29-26(31-24)30-18-8-5-15(6-9-18)11-16-7-10-19(33)12-16/h2-6,8-9,13-14,16,19,33H,7,10-12H2,1H3,(H,29,30,31)/t16?,19-/m0/s1. The van der Waals surface area contributed by atoms with Crippen molar-refractivity contribution < 1.29 is 9.94 Å². The average Bonchev–Trinajstić information content (AvgIpc) is 3.25. The molecule has 0 bridgehead atoms. The predicted molar refractivity (Wildman–Crippen MR) is 139 cm³/mol. The van der Waals surface area contributed by atoms with Gasteiger partial charge in [-0.3, -0.25) is 4.79 Å². The van der Waals surface area contributed by atoms with Crippen LogP contribution in [0.2, 0.25) is 10.0 Å². The van der Waals surface area contributed by atoms with Gasteiger partial charge in [0.25, 0.3) is 5.56 Å². The third kappa shape index (κ3) is 4.85. The Morgan fingerprint density at radius 1 is 1.14 bits per heavy atom. The zero-order valence-corrected chi connectivity index (χ0v) is 20.6. The van der Waals surface area contributed by atoms with Crippen molar-refractivity contribution in [3.8, 4) is 11.1 Å². The molecule has 0 amide bonds. The molecule has 180 valence electrons. The number of nitrogens with zero attached hydrogens (tertiary/aromatic N) is 3. The second-order valence-corrected chi connectivity index (χ2v) is 9.58. The number of benzene rings is 2. The summed E-state index contributed by atoms with van der Waals surface area (Å²) in [4.78, 5) is 27.5. The van der Waals surface area contributed by atoms with Crippen LogP contribution in [-0.2, 0) is 6.42 Å². The summed E-state index contributed by atoms with van der Waals surface area (Å²) in [7, 11) is 1.40. The molecule has 2 N–H and O–H groups in total. The monoisotopic (exact) mass is 510 g/mol. The zero-order chi connectivity index (χ0) is 24.5. The first-order valence-corrected chi connectivity index (χ1v) is 12.1. The number of fused-ring (bicyclic) bond motifs is 1. The molecule has 2 atom stereocenters. The highest BCUT2D eigenvalue weighted by Crippen LogP contribution is 2.34. The Morgan fingerprint density at radius 3 is 2.54 bits per heavy atom. The molecule has 0 aliphatic heterocycles. The lowest BCUT2D eigenvalue weighted by atomic mass is 9.98. The van der Waals surface area contributed by atoms with Crippen LogP contribution in [0.4, 0.5) is 11.6 Å². The maximum absolute atomic E-state index is 13.2. The van der Waals surface area contributed by atoms with Crippen molar-refractivity contribution in [2.45, 2.75) is 31.8 Å². The predicted octanol–water partition coefficient (Wildman–Crippen LogP) is 5.27. The number of aliphatic hydroxyl groups is 1. The summed E-state index contributed by atoms with van der Waals surface area (Å²) < 4.78 is 1.11. The maximum atomic E-state index is 13.2. The van der Waals surface area contributed by atoms with Crippen molar-refractivity contribution in [3.63, 3.8) is 0 Å². The molecule has 4 aromatic rings. The summed E-state index contributed by atoms with van der Waals surface area (Å²) in [6.45, 7) is 0. The number of aliphatic hydroxyl groups excluding tert-OH is 1. The van der Waals surface area contributed by atoms with Gasteiger partial charge < -0.3 is 15.3 Å². The van der Waals surface area contributed by atoms with Gasteiger partial charge in [0.2, 0.25) is 5.95 Å². The molecule has 2 aromatic heterocycles.